The summed E-state index contributed by atoms with van der Waals surface area (Å²) in [5.74, 6) is -0.206. The van der Waals surface area contributed by atoms with E-state index in [1.807, 2.05) is 0 Å². The van der Waals surface area contributed by atoms with Crippen molar-refractivity contribution in [1.29, 1.82) is 5.26 Å². The van der Waals surface area contributed by atoms with Gasteiger partial charge in [-0.1, -0.05) is 16.8 Å². The second-order valence-corrected chi connectivity index (χ2v) is 8.92. The summed E-state index contributed by atoms with van der Waals surface area (Å²) in [6.45, 7) is 0.929. The van der Waals surface area contributed by atoms with Crippen LogP contribution in [0.4, 0.5) is 15.8 Å². The van der Waals surface area contributed by atoms with Crippen LogP contribution in [0, 0.1) is 17.1 Å². The minimum Gasteiger partial charge on any atom is -0.376 e. The smallest absolute Gasteiger partial charge is 0.254 e. The number of anilines is 2. The number of aromatic nitrogens is 2. The predicted octanol–water partition coefficient (Wildman–Crippen LogP) is 3.88. The SMILES string of the molecule is N#Cc1c(Cl)ccc2c1N(CC1CCCO1)C(=O)C1C(c3nc(-c4ccc(F)cc4)no3)N=CN21. The van der Waals surface area contributed by atoms with Crippen LogP contribution in [-0.2, 0) is 9.53 Å². The van der Waals surface area contributed by atoms with E-state index in [0.29, 0.717) is 30.1 Å². The van der Waals surface area contributed by atoms with Gasteiger partial charge in [0.1, 0.15) is 17.9 Å². The minimum absolute atomic E-state index is 0.141. The Morgan fingerprint density at radius 3 is 2.80 bits per heavy atom. The molecule has 176 valence electrons. The Morgan fingerprint density at radius 1 is 1.23 bits per heavy atom. The van der Waals surface area contributed by atoms with Crippen molar-refractivity contribution in [1.82, 2.24) is 10.1 Å². The number of hydrogen-bond donors (Lipinski definition) is 0. The van der Waals surface area contributed by atoms with Gasteiger partial charge in [-0.15, -0.1) is 0 Å². The number of carbonyl (C=O) groups excluding carboxylic acids is 1. The molecule has 9 nitrogen and oxygen atoms in total. The van der Waals surface area contributed by atoms with Crippen molar-refractivity contribution in [3.8, 4) is 17.5 Å². The Hall–Kier alpha value is -3.81. The van der Waals surface area contributed by atoms with Crippen molar-refractivity contribution in [2.45, 2.75) is 31.0 Å². The van der Waals surface area contributed by atoms with Gasteiger partial charge in [0.15, 0.2) is 6.04 Å². The summed E-state index contributed by atoms with van der Waals surface area (Å²) in [5.41, 5.74) is 1.88. The van der Waals surface area contributed by atoms with Crippen molar-refractivity contribution in [3.05, 3.63) is 58.7 Å². The lowest BCUT2D eigenvalue weighted by Crippen LogP contribution is -2.54. The van der Waals surface area contributed by atoms with Crippen LogP contribution < -0.4 is 9.80 Å². The largest absolute Gasteiger partial charge is 0.376 e. The van der Waals surface area contributed by atoms with Crippen LogP contribution >= 0.6 is 11.6 Å². The number of aliphatic imine (C=N–C) groups is 1. The molecule has 0 N–H and O–H groups in total. The molecule has 3 aromatic rings. The molecule has 4 heterocycles. The molecule has 35 heavy (non-hydrogen) atoms. The lowest BCUT2D eigenvalue weighted by Gasteiger charge is -2.40. The number of benzene rings is 2. The van der Waals surface area contributed by atoms with Gasteiger partial charge in [-0.3, -0.25) is 9.79 Å². The fraction of sp³-hybridized carbons (Fsp3) is 0.292. The van der Waals surface area contributed by atoms with Crippen molar-refractivity contribution in [2.24, 2.45) is 4.99 Å². The first-order valence-electron chi connectivity index (χ1n) is 11.1. The second kappa shape index (κ2) is 8.45. The Morgan fingerprint density at radius 2 is 2.06 bits per heavy atom. The first kappa shape index (κ1) is 21.7. The van der Waals surface area contributed by atoms with Crippen LogP contribution in [0.5, 0.6) is 0 Å². The molecule has 6 rings (SSSR count). The first-order chi connectivity index (χ1) is 17.0. The van der Waals surface area contributed by atoms with Crippen LogP contribution in [0.3, 0.4) is 0 Å². The Bertz CT molecular complexity index is 1380. The molecular weight excluding hydrogens is 475 g/mol. The van der Waals surface area contributed by atoms with Gasteiger partial charge >= 0.3 is 0 Å². The number of hydrogen-bond acceptors (Lipinski definition) is 8. The average molecular weight is 493 g/mol. The molecule has 0 saturated carbocycles. The lowest BCUT2D eigenvalue weighted by molar-refractivity contribution is -0.120. The van der Waals surface area contributed by atoms with Crippen LogP contribution in [-0.4, -0.2) is 47.7 Å². The van der Waals surface area contributed by atoms with E-state index in [4.69, 9.17) is 20.9 Å². The van der Waals surface area contributed by atoms with Crippen molar-refractivity contribution in [3.63, 3.8) is 0 Å². The van der Waals surface area contributed by atoms with E-state index in [1.54, 1.807) is 40.4 Å². The number of amides is 1. The highest BCUT2D eigenvalue weighted by Gasteiger charge is 2.49. The molecule has 3 unspecified atom stereocenters. The van der Waals surface area contributed by atoms with E-state index >= 15 is 0 Å². The molecule has 0 aliphatic carbocycles. The summed E-state index contributed by atoms with van der Waals surface area (Å²) in [4.78, 5) is 26.1. The molecule has 0 spiro atoms. The maximum Gasteiger partial charge on any atom is 0.254 e. The molecule has 0 radical (unpaired) electrons. The summed E-state index contributed by atoms with van der Waals surface area (Å²) in [6.07, 6.45) is 3.14. The van der Waals surface area contributed by atoms with Gasteiger partial charge in [-0.25, -0.2) is 4.39 Å². The van der Waals surface area contributed by atoms with Crippen molar-refractivity contribution < 1.29 is 18.4 Å². The molecule has 1 saturated heterocycles. The van der Waals surface area contributed by atoms with E-state index < -0.39 is 12.1 Å². The van der Waals surface area contributed by atoms with Crippen molar-refractivity contribution >= 4 is 35.2 Å². The van der Waals surface area contributed by atoms with E-state index in [2.05, 4.69) is 21.2 Å². The van der Waals surface area contributed by atoms with Gasteiger partial charge < -0.3 is 19.1 Å². The summed E-state index contributed by atoms with van der Waals surface area (Å²) in [7, 11) is 0. The zero-order valence-electron chi connectivity index (χ0n) is 18.3. The average Bonchev–Trinajstić information content (AvgIpc) is 3.63. The standard InChI is InChI=1S/C24H18ClFN6O3/c25-17-7-8-18-20(16(17)10-27)31(11-15-2-1-9-34-15)24(33)21-19(28-12-32(18)21)23-29-22(30-35-23)13-3-5-14(26)6-4-13/h3-8,12,15,19,21H,1-2,9,11H2. The number of rotatable bonds is 4. The minimum atomic E-state index is -0.780. The summed E-state index contributed by atoms with van der Waals surface area (Å²) < 4.78 is 24.6. The number of halogens is 2. The highest BCUT2D eigenvalue weighted by molar-refractivity contribution is 6.33. The van der Waals surface area contributed by atoms with Gasteiger partial charge in [0.25, 0.3) is 11.8 Å². The fourth-order valence-corrected chi connectivity index (χ4v) is 4.97. The molecular formula is C24H18ClFN6O3. The van der Waals surface area contributed by atoms with E-state index in [9.17, 15) is 14.4 Å². The third-order valence-corrected chi connectivity index (χ3v) is 6.76. The predicted molar refractivity (Wildman–Crippen MR) is 125 cm³/mol. The molecule has 2 aromatic carbocycles. The van der Waals surface area contributed by atoms with Crippen LogP contribution in [0.1, 0.15) is 30.3 Å². The maximum atomic E-state index is 13.9. The third kappa shape index (κ3) is 3.55. The third-order valence-electron chi connectivity index (χ3n) is 6.44. The molecule has 1 amide bonds. The number of fused-ring (bicyclic) bond motifs is 3. The zero-order chi connectivity index (χ0) is 24.1. The van der Waals surface area contributed by atoms with Crippen LogP contribution in [0.25, 0.3) is 11.4 Å². The Kier molecular flexibility index (Phi) is 5.24. The maximum absolute atomic E-state index is 13.9. The molecule has 3 aliphatic heterocycles. The van der Waals surface area contributed by atoms with Gasteiger partial charge in [0, 0.05) is 12.2 Å². The lowest BCUT2D eigenvalue weighted by atomic mass is 9.98. The van der Waals surface area contributed by atoms with Gasteiger partial charge in [0.05, 0.1) is 40.9 Å². The first-order valence-corrected chi connectivity index (χ1v) is 11.5. The molecule has 1 fully saturated rings. The van der Waals surface area contributed by atoms with Gasteiger partial charge in [-0.2, -0.15) is 10.2 Å². The monoisotopic (exact) mass is 492 g/mol. The van der Waals surface area contributed by atoms with Crippen LogP contribution in [0.2, 0.25) is 5.02 Å². The topological polar surface area (TPSA) is 108 Å². The second-order valence-electron chi connectivity index (χ2n) is 8.51. The number of ether oxygens (including phenoxy) is 1. The molecule has 3 aliphatic rings. The number of carbonyl (C=O) groups is 1. The molecule has 11 heteroatoms. The highest BCUT2D eigenvalue weighted by atomic mass is 35.5. The van der Waals surface area contributed by atoms with Gasteiger partial charge in [0.2, 0.25) is 5.82 Å². The molecule has 1 aromatic heterocycles. The molecule has 0 bridgehead atoms. The number of nitrogens with zero attached hydrogens (tertiary/aromatic N) is 6. The summed E-state index contributed by atoms with van der Waals surface area (Å²) in [5, 5.41) is 14.1. The fourth-order valence-electron chi connectivity index (χ4n) is 4.77. The zero-order valence-corrected chi connectivity index (χ0v) is 19.0. The normalized spacial score (nSPS) is 22.9. The quantitative estimate of drug-likeness (QED) is 0.543. The van der Waals surface area contributed by atoms with Crippen molar-refractivity contribution in [2.75, 3.05) is 23.0 Å². The summed E-state index contributed by atoms with van der Waals surface area (Å²) in [6, 6.07) is 9.72. The number of nitriles is 1. The Labute approximate surface area is 204 Å². The van der Waals surface area contributed by atoms with Gasteiger partial charge in [-0.05, 0) is 49.2 Å². The highest BCUT2D eigenvalue weighted by Crippen LogP contribution is 2.46. The van der Waals surface area contributed by atoms with E-state index in [0.717, 1.165) is 12.8 Å². The van der Waals surface area contributed by atoms with E-state index in [1.165, 1.54) is 12.1 Å². The Balaban J connectivity index is 1.39. The van der Waals surface area contributed by atoms with Crippen LogP contribution in [0.15, 0.2) is 45.9 Å². The molecule has 3 atom stereocenters. The summed E-state index contributed by atoms with van der Waals surface area (Å²) >= 11 is 6.33. The van der Waals surface area contributed by atoms with E-state index in [-0.39, 0.29) is 40.1 Å².